The van der Waals surface area contributed by atoms with Crippen molar-refractivity contribution in [2.24, 2.45) is 0 Å². The zero-order valence-corrected chi connectivity index (χ0v) is 14.8. The summed E-state index contributed by atoms with van der Waals surface area (Å²) in [5, 5.41) is 0.856. The standard InChI is InChI=1S/C17H20N2OS2/c1-4-19-16(20)15-14(7-8-21-15)18-17(19)22-10-13-9-11(2)5-6-12(13)3/h5-6,9H,4,7-8,10H2,1-3H3. The maximum atomic E-state index is 12.5. The Morgan fingerprint density at radius 2 is 2.18 bits per heavy atom. The third kappa shape index (κ3) is 2.97. The molecule has 0 bridgehead atoms. The van der Waals surface area contributed by atoms with Gasteiger partial charge in [-0.1, -0.05) is 35.5 Å². The van der Waals surface area contributed by atoms with E-state index in [1.165, 1.54) is 16.7 Å². The van der Waals surface area contributed by atoms with Gasteiger partial charge in [0, 0.05) is 24.5 Å². The van der Waals surface area contributed by atoms with Crippen molar-refractivity contribution >= 4 is 23.5 Å². The van der Waals surface area contributed by atoms with Crippen molar-refractivity contribution in [3.05, 3.63) is 50.9 Å². The van der Waals surface area contributed by atoms with Crippen molar-refractivity contribution in [3.8, 4) is 0 Å². The van der Waals surface area contributed by atoms with Gasteiger partial charge >= 0.3 is 0 Å². The molecule has 1 aromatic heterocycles. The van der Waals surface area contributed by atoms with E-state index in [4.69, 9.17) is 4.98 Å². The summed E-state index contributed by atoms with van der Waals surface area (Å²) in [6.45, 7) is 6.93. The highest BCUT2D eigenvalue weighted by Crippen LogP contribution is 2.30. The molecule has 0 saturated heterocycles. The molecule has 0 aliphatic carbocycles. The van der Waals surface area contributed by atoms with Crippen LogP contribution in [0.15, 0.2) is 33.0 Å². The number of benzene rings is 1. The molecule has 2 heterocycles. The number of aromatic nitrogens is 2. The minimum atomic E-state index is 0.137. The first-order valence-corrected chi connectivity index (χ1v) is 9.52. The van der Waals surface area contributed by atoms with E-state index < -0.39 is 0 Å². The maximum absolute atomic E-state index is 12.5. The van der Waals surface area contributed by atoms with Gasteiger partial charge in [0.05, 0.1) is 10.6 Å². The van der Waals surface area contributed by atoms with Crippen molar-refractivity contribution in [3.63, 3.8) is 0 Å². The average molecular weight is 332 g/mol. The predicted molar refractivity (Wildman–Crippen MR) is 94.1 cm³/mol. The fraction of sp³-hybridized carbons (Fsp3) is 0.412. The molecule has 0 N–H and O–H groups in total. The summed E-state index contributed by atoms with van der Waals surface area (Å²) in [4.78, 5) is 18.2. The molecule has 22 heavy (non-hydrogen) atoms. The Balaban J connectivity index is 1.91. The minimum absolute atomic E-state index is 0.137. The molecule has 3 rings (SSSR count). The van der Waals surface area contributed by atoms with Crippen LogP contribution < -0.4 is 5.56 Å². The summed E-state index contributed by atoms with van der Waals surface area (Å²) in [5.74, 6) is 1.83. The molecule has 0 atom stereocenters. The Labute approximate surface area is 139 Å². The summed E-state index contributed by atoms with van der Waals surface area (Å²) >= 11 is 3.32. The van der Waals surface area contributed by atoms with Crippen LogP contribution in [0.5, 0.6) is 0 Å². The van der Waals surface area contributed by atoms with Crippen LogP contribution in [0.2, 0.25) is 0 Å². The Hall–Kier alpha value is -1.20. The monoisotopic (exact) mass is 332 g/mol. The van der Waals surface area contributed by atoms with Gasteiger partial charge in [-0.25, -0.2) is 4.98 Å². The molecule has 1 aliphatic rings. The quantitative estimate of drug-likeness (QED) is 0.630. The van der Waals surface area contributed by atoms with E-state index in [0.29, 0.717) is 6.54 Å². The molecule has 1 aliphatic heterocycles. The molecule has 5 heteroatoms. The zero-order chi connectivity index (χ0) is 15.7. The number of thioether (sulfide) groups is 2. The number of rotatable bonds is 4. The van der Waals surface area contributed by atoms with Crippen molar-refractivity contribution in [1.29, 1.82) is 0 Å². The summed E-state index contributed by atoms with van der Waals surface area (Å²) in [7, 11) is 0. The predicted octanol–water partition coefficient (Wildman–Crippen LogP) is 3.82. The first kappa shape index (κ1) is 15.7. The lowest BCUT2D eigenvalue weighted by molar-refractivity contribution is 0.597. The number of nitrogens with zero attached hydrogens (tertiary/aromatic N) is 2. The average Bonchev–Trinajstić information content (AvgIpc) is 2.97. The van der Waals surface area contributed by atoms with E-state index in [0.717, 1.165) is 33.7 Å². The fourth-order valence-corrected chi connectivity index (χ4v) is 4.80. The van der Waals surface area contributed by atoms with Crippen LogP contribution in [0.25, 0.3) is 0 Å². The molecule has 0 amide bonds. The highest BCUT2D eigenvalue weighted by Gasteiger charge is 2.21. The molecule has 0 radical (unpaired) electrons. The largest absolute Gasteiger partial charge is 0.287 e. The summed E-state index contributed by atoms with van der Waals surface area (Å²) < 4.78 is 1.81. The molecular weight excluding hydrogens is 312 g/mol. The van der Waals surface area contributed by atoms with Gasteiger partial charge in [-0.15, -0.1) is 11.8 Å². The first-order chi connectivity index (χ1) is 10.6. The summed E-state index contributed by atoms with van der Waals surface area (Å²) in [6, 6.07) is 6.52. The van der Waals surface area contributed by atoms with Crippen LogP contribution in [-0.2, 0) is 18.7 Å². The zero-order valence-electron chi connectivity index (χ0n) is 13.2. The molecule has 1 aromatic carbocycles. The number of hydrogen-bond acceptors (Lipinski definition) is 4. The van der Waals surface area contributed by atoms with Crippen LogP contribution in [0.3, 0.4) is 0 Å². The van der Waals surface area contributed by atoms with Crippen LogP contribution >= 0.6 is 23.5 Å². The van der Waals surface area contributed by atoms with Crippen LogP contribution in [-0.4, -0.2) is 15.3 Å². The van der Waals surface area contributed by atoms with Gasteiger partial charge in [-0.2, -0.15) is 0 Å². The highest BCUT2D eigenvalue weighted by atomic mass is 32.2. The summed E-state index contributed by atoms with van der Waals surface area (Å²) in [5.41, 5.74) is 5.01. The van der Waals surface area contributed by atoms with Crippen LogP contribution in [0.4, 0.5) is 0 Å². The lowest BCUT2D eigenvalue weighted by atomic mass is 10.1. The third-order valence-electron chi connectivity index (χ3n) is 3.93. The molecular formula is C17H20N2OS2. The lowest BCUT2D eigenvalue weighted by Crippen LogP contribution is -2.24. The maximum Gasteiger partial charge on any atom is 0.268 e. The van der Waals surface area contributed by atoms with Crippen molar-refractivity contribution in [2.45, 2.75) is 49.5 Å². The molecule has 3 nitrogen and oxygen atoms in total. The van der Waals surface area contributed by atoms with Gasteiger partial charge in [-0.05, 0) is 31.9 Å². The van der Waals surface area contributed by atoms with Gasteiger partial charge in [0.25, 0.3) is 5.56 Å². The second-order valence-electron chi connectivity index (χ2n) is 5.54. The number of aryl methyl sites for hydroxylation is 3. The Morgan fingerprint density at radius 1 is 1.36 bits per heavy atom. The number of fused-ring (bicyclic) bond motifs is 1. The minimum Gasteiger partial charge on any atom is -0.287 e. The van der Waals surface area contributed by atoms with Crippen molar-refractivity contribution in [1.82, 2.24) is 9.55 Å². The second kappa shape index (κ2) is 6.50. The Morgan fingerprint density at radius 3 is 2.95 bits per heavy atom. The van der Waals surface area contributed by atoms with E-state index >= 15 is 0 Å². The fourth-order valence-electron chi connectivity index (χ4n) is 2.61. The molecule has 0 spiro atoms. The molecule has 0 fully saturated rings. The topological polar surface area (TPSA) is 34.9 Å². The van der Waals surface area contributed by atoms with E-state index in [1.54, 1.807) is 23.5 Å². The SMILES string of the molecule is CCn1c(SCc2cc(C)ccc2C)nc2c(c1=O)SCC2. The third-order valence-corrected chi connectivity index (χ3v) is 6.06. The van der Waals surface area contributed by atoms with Crippen molar-refractivity contribution in [2.75, 3.05) is 5.75 Å². The van der Waals surface area contributed by atoms with Crippen LogP contribution in [0.1, 0.15) is 29.3 Å². The Bertz CT molecular complexity index is 768. The molecule has 0 unspecified atom stereocenters. The van der Waals surface area contributed by atoms with E-state index in [9.17, 15) is 4.79 Å². The van der Waals surface area contributed by atoms with Gasteiger partial charge in [0.15, 0.2) is 5.16 Å². The normalized spacial score (nSPS) is 13.4. The number of hydrogen-bond donors (Lipinski definition) is 0. The molecule has 0 saturated carbocycles. The van der Waals surface area contributed by atoms with Gasteiger partial charge in [0.1, 0.15) is 0 Å². The molecule has 2 aromatic rings. The smallest absolute Gasteiger partial charge is 0.268 e. The van der Waals surface area contributed by atoms with Crippen molar-refractivity contribution < 1.29 is 0 Å². The highest BCUT2D eigenvalue weighted by molar-refractivity contribution is 7.99. The Kier molecular flexibility index (Phi) is 4.64. The summed E-state index contributed by atoms with van der Waals surface area (Å²) in [6.07, 6.45) is 0.914. The van der Waals surface area contributed by atoms with Gasteiger partial charge < -0.3 is 0 Å². The first-order valence-electron chi connectivity index (χ1n) is 7.55. The van der Waals surface area contributed by atoms with Gasteiger partial charge in [0.2, 0.25) is 0 Å². The lowest BCUT2D eigenvalue weighted by Gasteiger charge is -2.12. The van der Waals surface area contributed by atoms with E-state index in [2.05, 4.69) is 32.0 Å². The van der Waals surface area contributed by atoms with E-state index in [-0.39, 0.29) is 5.56 Å². The van der Waals surface area contributed by atoms with Crippen LogP contribution in [0, 0.1) is 13.8 Å². The van der Waals surface area contributed by atoms with E-state index in [1.807, 2.05) is 11.5 Å². The van der Waals surface area contributed by atoms with Gasteiger partial charge in [-0.3, -0.25) is 9.36 Å². The second-order valence-corrected chi connectivity index (χ2v) is 7.58. The molecule has 116 valence electrons.